The molecular weight excluding hydrogens is 463 g/mol. The molecule has 2 aromatic rings. The summed E-state index contributed by atoms with van der Waals surface area (Å²) in [6.45, 7) is 2.26. The Bertz CT molecular complexity index is 1070. The van der Waals surface area contributed by atoms with Crippen molar-refractivity contribution in [3.8, 4) is 0 Å². The van der Waals surface area contributed by atoms with E-state index in [9.17, 15) is 26.4 Å². The van der Waals surface area contributed by atoms with Crippen LogP contribution in [0.25, 0.3) is 0 Å². The molecule has 6 nitrogen and oxygen atoms in total. The van der Waals surface area contributed by atoms with Crippen molar-refractivity contribution >= 4 is 33.0 Å². The van der Waals surface area contributed by atoms with Crippen LogP contribution in [0.4, 0.5) is 18.9 Å². The molecule has 4 rings (SSSR count). The van der Waals surface area contributed by atoms with Crippen LogP contribution in [0.3, 0.4) is 0 Å². The van der Waals surface area contributed by atoms with Gasteiger partial charge in [0.2, 0.25) is 0 Å². The van der Waals surface area contributed by atoms with Crippen molar-refractivity contribution in [2.45, 2.75) is 29.6 Å². The third-order valence-electron chi connectivity index (χ3n) is 5.84. The van der Waals surface area contributed by atoms with E-state index in [0.29, 0.717) is 24.3 Å². The number of piperazine rings is 1. The lowest BCUT2D eigenvalue weighted by Gasteiger charge is -2.35. The SMILES string of the molecule is O=C(c1csc(S(=O)(=O)N2CCN(c3cccc(C(F)(F)F)c3)CC2)c1)N1CCCCC1. The van der Waals surface area contributed by atoms with E-state index < -0.39 is 21.8 Å². The summed E-state index contributed by atoms with van der Waals surface area (Å²) in [7, 11) is -3.77. The number of carbonyl (C=O) groups is 1. The highest BCUT2D eigenvalue weighted by molar-refractivity contribution is 7.91. The van der Waals surface area contributed by atoms with Crippen molar-refractivity contribution in [1.29, 1.82) is 0 Å². The molecule has 32 heavy (non-hydrogen) atoms. The lowest BCUT2D eigenvalue weighted by Crippen LogP contribution is -2.48. The molecule has 1 aromatic carbocycles. The van der Waals surface area contributed by atoms with E-state index in [1.807, 2.05) is 0 Å². The van der Waals surface area contributed by atoms with Gasteiger partial charge in [0.15, 0.2) is 0 Å². The van der Waals surface area contributed by atoms with Gasteiger partial charge in [-0.25, -0.2) is 8.42 Å². The van der Waals surface area contributed by atoms with Crippen LogP contribution in [0.15, 0.2) is 39.9 Å². The van der Waals surface area contributed by atoms with Crippen LogP contribution in [-0.4, -0.2) is 62.8 Å². The van der Waals surface area contributed by atoms with E-state index >= 15 is 0 Å². The molecule has 0 N–H and O–H groups in total. The molecule has 3 heterocycles. The molecule has 2 aliphatic rings. The number of halogens is 3. The zero-order valence-electron chi connectivity index (χ0n) is 17.3. The molecule has 2 saturated heterocycles. The Morgan fingerprint density at radius 3 is 2.28 bits per heavy atom. The Balaban J connectivity index is 1.42. The average molecular weight is 488 g/mol. The van der Waals surface area contributed by atoms with Crippen LogP contribution in [0.5, 0.6) is 0 Å². The summed E-state index contributed by atoms with van der Waals surface area (Å²) < 4.78 is 66.6. The summed E-state index contributed by atoms with van der Waals surface area (Å²) in [5, 5.41) is 1.59. The molecule has 0 spiro atoms. The first-order valence-corrected chi connectivity index (χ1v) is 12.8. The Kier molecular flexibility index (Phi) is 6.51. The molecule has 0 saturated carbocycles. The fraction of sp³-hybridized carbons (Fsp3) is 0.476. The number of nitrogens with zero attached hydrogens (tertiary/aromatic N) is 3. The van der Waals surface area contributed by atoms with Gasteiger partial charge < -0.3 is 9.80 Å². The maximum atomic E-state index is 13.1. The summed E-state index contributed by atoms with van der Waals surface area (Å²) in [4.78, 5) is 16.2. The topological polar surface area (TPSA) is 60.9 Å². The quantitative estimate of drug-likeness (QED) is 0.656. The molecule has 0 radical (unpaired) electrons. The summed E-state index contributed by atoms with van der Waals surface area (Å²) in [5.41, 5.74) is 0.0787. The third kappa shape index (κ3) is 4.79. The molecule has 0 aliphatic carbocycles. The number of sulfonamides is 1. The Hall–Kier alpha value is -2.11. The second-order valence-corrected chi connectivity index (χ2v) is 11.0. The van der Waals surface area contributed by atoms with Crippen LogP contribution < -0.4 is 4.90 Å². The molecule has 1 aromatic heterocycles. The van der Waals surface area contributed by atoms with Gasteiger partial charge in [-0.05, 0) is 43.5 Å². The number of hydrogen-bond donors (Lipinski definition) is 0. The van der Waals surface area contributed by atoms with E-state index in [1.54, 1.807) is 21.2 Å². The van der Waals surface area contributed by atoms with Crippen LogP contribution >= 0.6 is 11.3 Å². The molecule has 11 heteroatoms. The van der Waals surface area contributed by atoms with E-state index in [4.69, 9.17) is 0 Å². The van der Waals surface area contributed by atoms with Crippen molar-refractivity contribution in [1.82, 2.24) is 9.21 Å². The lowest BCUT2D eigenvalue weighted by molar-refractivity contribution is -0.137. The largest absolute Gasteiger partial charge is 0.416 e. The number of rotatable bonds is 4. The van der Waals surface area contributed by atoms with Crippen molar-refractivity contribution in [3.63, 3.8) is 0 Å². The van der Waals surface area contributed by atoms with Crippen LogP contribution in [-0.2, 0) is 16.2 Å². The second-order valence-electron chi connectivity index (χ2n) is 7.95. The summed E-state index contributed by atoms with van der Waals surface area (Å²) in [6, 6.07) is 6.49. The predicted octanol–water partition coefficient (Wildman–Crippen LogP) is 3.90. The van der Waals surface area contributed by atoms with Gasteiger partial charge in [-0.3, -0.25) is 4.79 Å². The van der Waals surface area contributed by atoms with E-state index in [2.05, 4.69) is 0 Å². The Morgan fingerprint density at radius 2 is 1.62 bits per heavy atom. The number of carbonyl (C=O) groups excluding carboxylic acids is 1. The molecule has 2 fully saturated rings. The van der Waals surface area contributed by atoms with Crippen LogP contribution in [0, 0.1) is 0 Å². The van der Waals surface area contributed by atoms with E-state index in [1.165, 1.54) is 16.4 Å². The maximum absolute atomic E-state index is 13.1. The predicted molar refractivity (Wildman–Crippen MR) is 116 cm³/mol. The molecule has 174 valence electrons. The highest BCUT2D eigenvalue weighted by atomic mass is 32.2. The fourth-order valence-corrected chi connectivity index (χ4v) is 6.76. The van der Waals surface area contributed by atoms with E-state index in [-0.39, 0.29) is 36.3 Å². The lowest BCUT2D eigenvalue weighted by atomic mass is 10.1. The van der Waals surface area contributed by atoms with Gasteiger partial charge in [0.05, 0.1) is 11.1 Å². The molecule has 0 bridgehead atoms. The van der Waals surface area contributed by atoms with Crippen molar-refractivity contribution < 1.29 is 26.4 Å². The zero-order valence-corrected chi connectivity index (χ0v) is 19.0. The van der Waals surface area contributed by atoms with Crippen LogP contribution in [0.2, 0.25) is 0 Å². The Labute approximate surface area is 189 Å². The molecule has 1 amide bonds. The number of alkyl halides is 3. The first-order valence-electron chi connectivity index (χ1n) is 10.5. The number of hydrogen-bond acceptors (Lipinski definition) is 5. The van der Waals surface area contributed by atoms with Gasteiger partial charge in [-0.15, -0.1) is 11.3 Å². The van der Waals surface area contributed by atoms with Crippen molar-refractivity contribution in [2.24, 2.45) is 0 Å². The maximum Gasteiger partial charge on any atom is 0.416 e. The normalized spacial score (nSPS) is 18.7. The minimum absolute atomic E-state index is 0.116. The molecule has 2 aliphatic heterocycles. The Morgan fingerprint density at radius 1 is 0.938 bits per heavy atom. The van der Waals surface area contributed by atoms with Gasteiger partial charge in [-0.1, -0.05) is 6.07 Å². The van der Waals surface area contributed by atoms with Gasteiger partial charge in [0, 0.05) is 50.3 Å². The summed E-state index contributed by atoms with van der Waals surface area (Å²) in [6.07, 6.45) is -1.42. The second kappa shape index (κ2) is 9.03. The molecule has 0 atom stereocenters. The first-order chi connectivity index (χ1) is 15.2. The van der Waals surface area contributed by atoms with Crippen molar-refractivity contribution in [2.75, 3.05) is 44.2 Å². The van der Waals surface area contributed by atoms with Gasteiger partial charge in [0.25, 0.3) is 15.9 Å². The van der Waals surface area contributed by atoms with Gasteiger partial charge >= 0.3 is 6.18 Å². The van der Waals surface area contributed by atoms with Crippen molar-refractivity contribution in [3.05, 3.63) is 46.8 Å². The first kappa shape index (κ1) is 23.1. The summed E-state index contributed by atoms with van der Waals surface area (Å²) >= 11 is 1.03. The third-order valence-corrected chi connectivity index (χ3v) is 9.15. The zero-order chi connectivity index (χ0) is 22.9. The standard InChI is InChI=1S/C21H24F3N3O3S2/c22-21(23,24)17-5-4-6-18(14-17)25-9-11-27(12-10-25)32(29,30)19-13-16(15-31-19)20(28)26-7-2-1-3-8-26/h4-6,13-15H,1-3,7-12H2. The highest BCUT2D eigenvalue weighted by Crippen LogP contribution is 2.32. The smallest absolute Gasteiger partial charge is 0.369 e. The minimum Gasteiger partial charge on any atom is -0.369 e. The number of benzene rings is 1. The fourth-order valence-electron chi connectivity index (χ4n) is 4.04. The molecular formula is C21H24F3N3O3S2. The number of amides is 1. The number of likely N-dealkylation sites (tertiary alicyclic amines) is 1. The van der Waals surface area contributed by atoms with E-state index in [0.717, 1.165) is 42.7 Å². The molecule has 0 unspecified atom stereocenters. The number of anilines is 1. The van der Waals surface area contributed by atoms with Crippen LogP contribution in [0.1, 0.15) is 35.2 Å². The number of thiophene rings is 1. The van der Waals surface area contributed by atoms with Gasteiger partial charge in [-0.2, -0.15) is 17.5 Å². The monoisotopic (exact) mass is 487 g/mol. The number of piperidine rings is 1. The summed E-state index contributed by atoms with van der Waals surface area (Å²) in [5.74, 6) is -0.142. The highest BCUT2D eigenvalue weighted by Gasteiger charge is 2.33. The minimum atomic E-state index is -4.43. The van der Waals surface area contributed by atoms with Gasteiger partial charge in [0.1, 0.15) is 4.21 Å². The average Bonchev–Trinajstić information content (AvgIpc) is 3.30.